The molecule has 0 saturated heterocycles. The monoisotopic (exact) mass is 287 g/mol. The molecule has 1 N–H and O–H groups in total. The maximum Gasteiger partial charge on any atom is 0.269 e. The van der Waals surface area contributed by atoms with E-state index in [1.165, 1.54) is 12.1 Å². The Kier molecular flexibility index (Phi) is 5.22. The van der Waals surface area contributed by atoms with E-state index in [4.69, 9.17) is 4.74 Å². The molecule has 21 heavy (non-hydrogen) atoms. The van der Waals surface area contributed by atoms with Crippen LogP contribution in [0.5, 0.6) is 5.88 Å². The van der Waals surface area contributed by atoms with E-state index in [9.17, 15) is 10.1 Å². The van der Waals surface area contributed by atoms with Crippen molar-refractivity contribution in [2.24, 2.45) is 0 Å². The Balaban J connectivity index is 1.77. The summed E-state index contributed by atoms with van der Waals surface area (Å²) in [5.74, 6) is 0.602. The molecule has 0 spiro atoms. The molecule has 110 valence electrons. The standard InChI is InChI=1S/C15H17N3O3/c1-21-15-4-2-3-13(17-15)11-16-10-9-12-5-7-14(8-6-12)18(19)20/h2-8,16H,9-11H2,1H3. The van der Waals surface area contributed by atoms with Gasteiger partial charge in [0.2, 0.25) is 5.88 Å². The number of nitrogens with one attached hydrogen (secondary N) is 1. The van der Waals surface area contributed by atoms with Crippen LogP contribution in [0.2, 0.25) is 0 Å². The van der Waals surface area contributed by atoms with Gasteiger partial charge >= 0.3 is 0 Å². The molecular formula is C15H17N3O3. The number of nitro benzene ring substituents is 1. The molecule has 2 rings (SSSR count). The number of nitrogens with zero attached hydrogens (tertiary/aromatic N) is 2. The van der Waals surface area contributed by atoms with Crippen LogP contribution in [0.1, 0.15) is 11.3 Å². The quantitative estimate of drug-likeness (QED) is 0.480. The van der Waals surface area contributed by atoms with E-state index >= 15 is 0 Å². The zero-order chi connectivity index (χ0) is 15.1. The third kappa shape index (κ3) is 4.54. The smallest absolute Gasteiger partial charge is 0.269 e. The first-order valence-electron chi connectivity index (χ1n) is 6.63. The highest BCUT2D eigenvalue weighted by Gasteiger charge is 2.03. The van der Waals surface area contributed by atoms with Crippen molar-refractivity contribution < 1.29 is 9.66 Å². The minimum atomic E-state index is -0.392. The first-order valence-corrected chi connectivity index (χ1v) is 6.63. The second-order valence-electron chi connectivity index (χ2n) is 4.52. The molecule has 0 atom stereocenters. The lowest BCUT2D eigenvalue weighted by atomic mass is 10.1. The Morgan fingerprint density at radius 1 is 1.24 bits per heavy atom. The number of hydrogen-bond acceptors (Lipinski definition) is 5. The van der Waals surface area contributed by atoms with E-state index in [-0.39, 0.29) is 5.69 Å². The number of non-ortho nitro benzene ring substituents is 1. The highest BCUT2D eigenvalue weighted by atomic mass is 16.6. The number of ether oxygens (including phenoxy) is 1. The third-order valence-corrected chi connectivity index (χ3v) is 3.03. The van der Waals surface area contributed by atoms with Crippen LogP contribution in [0.15, 0.2) is 42.5 Å². The van der Waals surface area contributed by atoms with Gasteiger partial charge in [-0.15, -0.1) is 0 Å². The lowest BCUT2D eigenvalue weighted by Crippen LogP contribution is -2.17. The van der Waals surface area contributed by atoms with Crippen molar-refractivity contribution in [3.63, 3.8) is 0 Å². The van der Waals surface area contributed by atoms with Crippen molar-refractivity contribution in [2.45, 2.75) is 13.0 Å². The van der Waals surface area contributed by atoms with Gasteiger partial charge in [0.05, 0.1) is 17.7 Å². The summed E-state index contributed by atoms with van der Waals surface area (Å²) in [7, 11) is 1.59. The molecule has 0 amide bonds. The molecule has 6 nitrogen and oxygen atoms in total. The molecule has 0 radical (unpaired) electrons. The second-order valence-corrected chi connectivity index (χ2v) is 4.52. The van der Waals surface area contributed by atoms with E-state index in [1.54, 1.807) is 25.3 Å². The van der Waals surface area contributed by atoms with E-state index in [0.717, 1.165) is 24.2 Å². The van der Waals surface area contributed by atoms with Gasteiger partial charge in [0, 0.05) is 24.7 Å². The van der Waals surface area contributed by atoms with Crippen molar-refractivity contribution in [1.82, 2.24) is 10.3 Å². The van der Waals surface area contributed by atoms with Crippen LogP contribution in [0.4, 0.5) is 5.69 Å². The molecule has 0 unspecified atom stereocenters. The Morgan fingerprint density at radius 2 is 2.00 bits per heavy atom. The van der Waals surface area contributed by atoms with Gasteiger partial charge in [-0.3, -0.25) is 10.1 Å². The average molecular weight is 287 g/mol. The van der Waals surface area contributed by atoms with Gasteiger partial charge in [-0.1, -0.05) is 18.2 Å². The zero-order valence-electron chi connectivity index (χ0n) is 11.8. The van der Waals surface area contributed by atoms with Crippen molar-refractivity contribution in [2.75, 3.05) is 13.7 Å². The zero-order valence-corrected chi connectivity index (χ0v) is 11.8. The molecule has 1 aromatic heterocycles. The summed E-state index contributed by atoms with van der Waals surface area (Å²) in [6, 6.07) is 12.3. The summed E-state index contributed by atoms with van der Waals surface area (Å²) in [5, 5.41) is 13.8. The number of benzene rings is 1. The van der Waals surface area contributed by atoms with Crippen molar-refractivity contribution in [1.29, 1.82) is 0 Å². The highest BCUT2D eigenvalue weighted by Crippen LogP contribution is 2.12. The van der Waals surface area contributed by atoms with Crippen LogP contribution in [-0.2, 0) is 13.0 Å². The lowest BCUT2D eigenvalue weighted by molar-refractivity contribution is -0.384. The molecule has 0 fully saturated rings. The Bertz CT molecular complexity index is 599. The van der Waals surface area contributed by atoms with Crippen LogP contribution in [0.25, 0.3) is 0 Å². The van der Waals surface area contributed by atoms with E-state index < -0.39 is 4.92 Å². The average Bonchev–Trinajstić information content (AvgIpc) is 2.52. The van der Waals surface area contributed by atoms with Crippen molar-refractivity contribution >= 4 is 5.69 Å². The molecule has 1 aromatic carbocycles. The maximum atomic E-state index is 10.6. The number of nitro groups is 1. The summed E-state index contributed by atoms with van der Waals surface area (Å²) in [4.78, 5) is 14.5. The van der Waals surface area contributed by atoms with Crippen LogP contribution in [0, 0.1) is 10.1 Å². The van der Waals surface area contributed by atoms with Gasteiger partial charge < -0.3 is 10.1 Å². The molecule has 2 aromatic rings. The fourth-order valence-corrected chi connectivity index (χ4v) is 1.90. The molecule has 0 bridgehead atoms. The van der Waals surface area contributed by atoms with Crippen molar-refractivity contribution in [3.8, 4) is 5.88 Å². The number of pyridine rings is 1. The lowest BCUT2D eigenvalue weighted by Gasteiger charge is -2.06. The maximum absolute atomic E-state index is 10.6. The Morgan fingerprint density at radius 3 is 2.67 bits per heavy atom. The van der Waals surface area contributed by atoms with Crippen LogP contribution >= 0.6 is 0 Å². The number of aromatic nitrogens is 1. The van der Waals surface area contributed by atoms with E-state index in [0.29, 0.717) is 12.4 Å². The summed E-state index contributed by atoms with van der Waals surface area (Å²) in [5.41, 5.74) is 2.09. The summed E-state index contributed by atoms with van der Waals surface area (Å²) in [6.45, 7) is 1.43. The van der Waals surface area contributed by atoms with Crippen molar-refractivity contribution in [3.05, 3.63) is 63.8 Å². The fraction of sp³-hybridized carbons (Fsp3) is 0.267. The van der Waals surface area contributed by atoms with Crippen LogP contribution in [-0.4, -0.2) is 23.6 Å². The van der Waals surface area contributed by atoms with Gasteiger partial charge in [-0.25, -0.2) is 4.98 Å². The Hall–Kier alpha value is -2.47. The number of hydrogen-bond donors (Lipinski definition) is 1. The largest absolute Gasteiger partial charge is 0.481 e. The van der Waals surface area contributed by atoms with E-state index in [1.807, 2.05) is 12.1 Å². The molecule has 6 heteroatoms. The highest BCUT2D eigenvalue weighted by molar-refractivity contribution is 5.32. The fourth-order valence-electron chi connectivity index (χ4n) is 1.90. The van der Waals surface area contributed by atoms with Crippen LogP contribution < -0.4 is 10.1 Å². The minimum Gasteiger partial charge on any atom is -0.481 e. The first-order chi connectivity index (χ1) is 10.2. The summed E-state index contributed by atoms with van der Waals surface area (Å²) in [6.07, 6.45) is 0.808. The van der Waals surface area contributed by atoms with Gasteiger partial charge in [0.25, 0.3) is 5.69 Å². The molecular weight excluding hydrogens is 270 g/mol. The normalized spacial score (nSPS) is 10.3. The molecule has 0 aliphatic carbocycles. The van der Waals surface area contributed by atoms with E-state index in [2.05, 4.69) is 10.3 Å². The Labute approximate surface area is 122 Å². The predicted octanol–water partition coefficient (Wildman–Crippen LogP) is 2.33. The van der Waals surface area contributed by atoms with Gasteiger partial charge in [-0.2, -0.15) is 0 Å². The minimum absolute atomic E-state index is 0.118. The number of methoxy groups -OCH3 is 1. The molecule has 0 saturated carbocycles. The molecule has 0 aliphatic heterocycles. The topological polar surface area (TPSA) is 77.3 Å². The summed E-state index contributed by atoms with van der Waals surface area (Å²) < 4.78 is 5.07. The van der Waals surface area contributed by atoms with Gasteiger partial charge in [0.1, 0.15) is 0 Å². The van der Waals surface area contributed by atoms with Gasteiger partial charge in [-0.05, 0) is 24.6 Å². The van der Waals surface area contributed by atoms with Crippen LogP contribution in [0.3, 0.4) is 0 Å². The summed E-state index contributed by atoms with van der Waals surface area (Å²) >= 11 is 0. The number of rotatable bonds is 7. The predicted molar refractivity (Wildman–Crippen MR) is 79.3 cm³/mol. The second kappa shape index (κ2) is 7.35. The molecule has 1 heterocycles. The molecule has 0 aliphatic rings. The third-order valence-electron chi connectivity index (χ3n) is 3.03. The van der Waals surface area contributed by atoms with Gasteiger partial charge in [0.15, 0.2) is 0 Å². The SMILES string of the molecule is COc1cccc(CNCCc2ccc([N+](=O)[O-])cc2)n1. The first kappa shape index (κ1) is 14.9.